The molecule has 1 atom stereocenters. The summed E-state index contributed by atoms with van der Waals surface area (Å²) in [6.07, 6.45) is 5.85. The Kier molecular flexibility index (Phi) is 10.7. The van der Waals surface area contributed by atoms with Crippen LogP contribution in [0.5, 0.6) is 5.75 Å². The first-order valence-corrected chi connectivity index (χ1v) is 17.3. The Hall–Kier alpha value is -3.94. The second-order valence-electron chi connectivity index (χ2n) is 12.0. The van der Waals surface area contributed by atoms with Crippen LogP contribution in [0, 0.1) is 13.8 Å². The molecule has 7 heteroatoms. The van der Waals surface area contributed by atoms with Crippen LogP contribution >= 0.6 is 0 Å². The molecule has 5 rings (SSSR count). The van der Waals surface area contributed by atoms with E-state index in [4.69, 9.17) is 4.74 Å². The summed E-state index contributed by atoms with van der Waals surface area (Å²) in [6, 6.07) is 30.7. The molecular weight excluding hydrogens is 580 g/mol. The van der Waals surface area contributed by atoms with Gasteiger partial charge in [0.2, 0.25) is 15.9 Å². The Bertz CT molecular complexity index is 1640. The molecule has 4 aromatic rings. The number of rotatable bonds is 13. The van der Waals surface area contributed by atoms with Gasteiger partial charge < -0.3 is 10.1 Å². The molecule has 45 heavy (non-hydrogen) atoms. The molecule has 0 aromatic heterocycles. The number of benzene rings is 4. The summed E-state index contributed by atoms with van der Waals surface area (Å²) in [5, 5.41) is 3.33. The molecule has 1 aliphatic heterocycles. The highest BCUT2D eigenvalue weighted by molar-refractivity contribution is 7.89. The van der Waals surface area contributed by atoms with Gasteiger partial charge in [-0.05, 0) is 98.2 Å². The van der Waals surface area contributed by atoms with Crippen molar-refractivity contribution < 1.29 is 17.9 Å². The fraction of sp³-hybridized carbons (Fsp3) is 0.342. The number of carbonyl (C=O) groups excluding carboxylic acids is 1. The zero-order valence-electron chi connectivity index (χ0n) is 26.5. The average Bonchev–Trinajstić information content (AvgIpc) is 3.06. The van der Waals surface area contributed by atoms with Crippen molar-refractivity contribution in [2.45, 2.75) is 75.8 Å². The number of amides is 1. The standard InChI is InChI=1S/C38H44N2O4S/c1-28-26-34(27-36(44-3)29(28)2)45(42,43)40-25-24-32-20-10-11-23-35(32)37(40)38(41)39-33(21-12-18-30-14-6-4-7-15-30)22-13-19-31-16-8-5-9-17-31/h4-11,14-17,20,23,26-27,33,37H,12-13,18-19,21-22,24-25H2,1-3H3,(H,39,41)/t37-/m0/s1. The van der Waals surface area contributed by atoms with Crippen molar-refractivity contribution in [1.29, 1.82) is 0 Å². The molecule has 0 unspecified atom stereocenters. The zero-order valence-corrected chi connectivity index (χ0v) is 27.4. The molecule has 0 bridgehead atoms. The number of ether oxygens (including phenoxy) is 1. The van der Waals surface area contributed by atoms with Crippen molar-refractivity contribution in [2.75, 3.05) is 13.7 Å². The Morgan fingerprint density at radius 2 is 1.44 bits per heavy atom. The van der Waals surface area contributed by atoms with E-state index < -0.39 is 16.1 Å². The summed E-state index contributed by atoms with van der Waals surface area (Å²) < 4.78 is 35.5. The monoisotopic (exact) mass is 624 g/mol. The fourth-order valence-corrected chi connectivity index (χ4v) is 8.00. The molecule has 0 saturated heterocycles. The molecule has 0 fully saturated rings. The number of fused-ring (bicyclic) bond motifs is 1. The van der Waals surface area contributed by atoms with Gasteiger partial charge in [0.25, 0.3) is 0 Å². The Balaban J connectivity index is 1.41. The van der Waals surface area contributed by atoms with Gasteiger partial charge in [0.1, 0.15) is 11.8 Å². The predicted octanol–water partition coefficient (Wildman–Crippen LogP) is 7.13. The van der Waals surface area contributed by atoms with Crippen LogP contribution in [0.3, 0.4) is 0 Å². The van der Waals surface area contributed by atoms with Gasteiger partial charge in [-0.1, -0.05) is 84.9 Å². The van der Waals surface area contributed by atoms with E-state index in [1.165, 1.54) is 15.4 Å². The van der Waals surface area contributed by atoms with Gasteiger partial charge in [-0.2, -0.15) is 4.31 Å². The molecule has 0 spiro atoms. The van der Waals surface area contributed by atoms with Gasteiger partial charge in [0.15, 0.2) is 0 Å². The fourth-order valence-electron chi connectivity index (χ4n) is 6.33. The van der Waals surface area contributed by atoms with Crippen LogP contribution in [0.15, 0.2) is 102 Å². The van der Waals surface area contributed by atoms with Crippen LogP contribution in [0.2, 0.25) is 0 Å². The van der Waals surface area contributed by atoms with Gasteiger partial charge in [0.05, 0.1) is 12.0 Å². The Morgan fingerprint density at radius 1 is 0.867 bits per heavy atom. The summed E-state index contributed by atoms with van der Waals surface area (Å²) >= 11 is 0. The lowest BCUT2D eigenvalue weighted by atomic mass is 9.93. The van der Waals surface area contributed by atoms with Gasteiger partial charge in [-0.25, -0.2) is 8.42 Å². The van der Waals surface area contributed by atoms with Crippen molar-refractivity contribution >= 4 is 15.9 Å². The first-order valence-electron chi connectivity index (χ1n) is 15.9. The molecule has 0 saturated carbocycles. The number of nitrogens with one attached hydrogen (secondary N) is 1. The van der Waals surface area contributed by atoms with Crippen LogP contribution in [-0.4, -0.2) is 38.3 Å². The molecule has 4 aromatic carbocycles. The van der Waals surface area contributed by atoms with E-state index in [2.05, 4.69) is 53.8 Å². The minimum absolute atomic E-state index is 0.0784. The van der Waals surface area contributed by atoms with Crippen LogP contribution in [0.25, 0.3) is 0 Å². The summed E-state index contributed by atoms with van der Waals surface area (Å²) in [7, 11) is -2.48. The third-order valence-electron chi connectivity index (χ3n) is 8.98. The smallest absolute Gasteiger partial charge is 0.244 e. The summed E-state index contributed by atoms with van der Waals surface area (Å²) in [5.41, 5.74) is 6.01. The van der Waals surface area contributed by atoms with E-state index in [0.717, 1.165) is 60.8 Å². The SMILES string of the molecule is COc1cc(S(=O)(=O)N2CCc3ccccc3[C@H]2C(=O)NC(CCCc2ccccc2)CCCc2ccccc2)cc(C)c1C. The lowest BCUT2D eigenvalue weighted by Crippen LogP contribution is -2.49. The third-order valence-corrected chi connectivity index (χ3v) is 10.8. The normalized spacial score (nSPS) is 15.1. The van der Waals surface area contributed by atoms with Crippen molar-refractivity contribution in [3.63, 3.8) is 0 Å². The largest absolute Gasteiger partial charge is 0.496 e. The first kappa shape index (κ1) is 32.5. The number of aryl methyl sites for hydroxylation is 3. The van der Waals surface area contributed by atoms with Crippen LogP contribution in [0.4, 0.5) is 0 Å². The molecule has 0 aliphatic carbocycles. The summed E-state index contributed by atoms with van der Waals surface area (Å²) in [6.45, 7) is 4.01. The summed E-state index contributed by atoms with van der Waals surface area (Å²) in [4.78, 5) is 14.5. The zero-order chi connectivity index (χ0) is 31.8. The number of nitrogens with zero attached hydrogens (tertiary/aromatic N) is 1. The highest BCUT2D eigenvalue weighted by Crippen LogP contribution is 2.36. The van der Waals surface area contributed by atoms with Crippen molar-refractivity contribution in [3.8, 4) is 5.75 Å². The lowest BCUT2D eigenvalue weighted by molar-refractivity contribution is -0.126. The minimum Gasteiger partial charge on any atom is -0.496 e. The number of hydrogen-bond acceptors (Lipinski definition) is 4. The molecule has 1 amide bonds. The lowest BCUT2D eigenvalue weighted by Gasteiger charge is -2.36. The van der Waals surface area contributed by atoms with Crippen LogP contribution in [0.1, 0.15) is 65.1 Å². The molecule has 6 nitrogen and oxygen atoms in total. The van der Waals surface area contributed by atoms with E-state index >= 15 is 0 Å². The maximum absolute atomic E-state index is 14.3. The van der Waals surface area contributed by atoms with Gasteiger partial charge in [0, 0.05) is 18.7 Å². The first-order chi connectivity index (χ1) is 21.8. The van der Waals surface area contributed by atoms with Gasteiger partial charge in [-0.15, -0.1) is 0 Å². The van der Waals surface area contributed by atoms with Crippen LogP contribution < -0.4 is 10.1 Å². The van der Waals surface area contributed by atoms with Crippen molar-refractivity contribution in [1.82, 2.24) is 9.62 Å². The second kappa shape index (κ2) is 14.9. The molecule has 1 N–H and O–H groups in total. The van der Waals surface area contributed by atoms with E-state index in [-0.39, 0.29) is 23.4 Å². The molecule has 236 valence electrons. The van der Waals surface area contributed by atoms with Crippen molar-refractivity contribution in [2.24, 2.45) is 0 Å². The molecule has 1 heterocycles. The average molecular weight is 625 g/mol. The minimum atomic E-state index is -4.02. The maximum Gasteiger partial charge on any atom is 0.244 e. The Labute approximate surface area is 268 Å². The van der Waals surface area contributed by atoms with E-state index in [1.54, 1.807) is 19.2 Å². The van der Waals surface area contributed by atoms with E-state index in [9.17, 15) is 13.2 Å². The van der Waals surface area contributed by atoms with Gasteiger partial charge in [-0.3, -0.25) is 4.79 Å². The van der Waals surface area contributed by atoms with Crippen LogP contribution in [-0.2, 0) is 34.1 Å². The number of carbonyl (C=O) groups is 1. The second-order valence-corrected chi connectivity index (χ2v) is 13.9. The van der Waals surface area contributed by atoms with E-state index in [1.807, 2.05) is 50.2 Å². The molecular formula is C38H44N2O4S. The summed E-state index contributed by atoms with van der Waals surface area (Å²) in [5.74, 6) is 0.245. The molecule has 0 radical (unpaired) electrons. The predicted molar refractivity (Wildman–Crippen MR) is 180 cm³/mol. The number of sulfonamides is 1. The maximum atomic E-state index is 14.3. The molecule has 1 aliphatic rings. The topological polar surface area (TPSA) is 75.7 Å². The quantitative estimate of drug-likeness (QED) is 0.172. The third kappa shape index (κ3) is 7.84. The van der Waals surface area contributed by atoms with Gasteiger partial charge >= 0.3 is 0 Å². The van der Waals surface area contributed by atoms with E-state index in [0.29, 0.717) is 12.2 Å². The Morgan fingerprint density at radius 3 is 2.04 bits per heavy atom. The number of hydrogen-bond donors (Lipinski definition) is 1. The van der Waals surface area contributed by atoms with Crippen molar-refractivity contribution in [3.05, 3.63) is 130 Å². The highest BCUT2D eigenvalue weighted by atomic mass is 32.2. The number of methoxy groups -OCH3 is 1. The highest BCUT2D eigenvalue weighted by Gasteiger charge is 2.41.